The van der Waals surface area contributed by atoms with Gasteiger partial charge >= 0.3 is 5.97 Å². The molecule has 2 N–H and O–H groups in total. The van der Waals surface area contributed by atoms with Gasteiger partial charge in [-0.15, -0.1) is 0 Å². The summed E-state index contributed by atoms with van der Waals surface area (Å²) in [5.74, 6) is -1.16. The van der Waals surface area contributed by atoms with E-state index in [0.717, 1.165) is 11.1 Å². The second-order valence-electron chi connectivity index (χ2n) is 5.37. The summed E-state index contributed by atoms with van der Waals surface area (Å²) in [6.45, 7) is 1.82. The zero-order valence-electron chi connectivity index (χ0n) is 11.6. The lowest BCUT2D eigenvalue weighted by Gasteiger charge is -2.37. The number of carboxylic acids is 1. The molecule has 0 saturated carbocycles. The maximum atomic E-state index is 12.6. The van der Waals surface area contributed by atoms with Gasteiger partial charge in [-0.25, -0.2) is 4.79 Å². The van der Waals surface area contributed by atoms with E-state index in [4.69, 9.17) is 4.74 Å². The van der Waals surface area contributed by atoms with E-state index in [9.17, 15) is 14.7 Å². The molecule has 2 aliphatic heterocycles. The number of fused-ring (bicyclic) bond motifs is 1. The smallest absolute Gasteiger partial charge is 0.326 e. The number of carbonyl (C=O) groups excluding carboxylic acids is 1. The second kappa shape index (κ2) is 5.83. The zero-order chi connectivity index (χ0) is 14.8. The van der Waals surface area contributed by atoms with Crippen LogP contribution >= 0.6 is 0 Å². The number of carboxylic acid groups (broad SMARTS) is 1. The lowest BCUT2D eigenvalue weighted by molar-refractivity contribution is -0.153. The molecule has 2 atom stereocenters. The quantitative estimate of drug-likeness (QED) is 0.802. The van der Waals surface area contributed by atoms with Gasteiger partial charge in [-0.2, -0.15) is 0 Å². The van der Waals surface area contributed by atoms with Gasteiger partial charge in [0.2, 0.25) is 5.91 Å². The largest absolute Gasteiger partial charge is 0.480 e. The van der Waals surface area contributed by atoms with Gasteiger partial charge < -0.3 is 20.1 Å². The van der Waals surface area contributed by atoms with Crippen molar-refractivity contribution in [3.05, 3.63) is 35.4 Å². The molecule has 2 aliphatic rings. The molecule has 6 heteroatoms. The molecule has 0 aromatic heterocycles. The average Bonchev–Trinajstić information content (AvgIpc) is 2.53. The number of ether oxygens (including phenoxy) is 1. The third-order valence-electron chi connectivity index (χ3n) is 4.04. The minimum absolute atomic E-state index is 0.198. The fraction of sp³-hybridized carbons (Fsp3) is 0.467. The van der Waals surface area contributed by atoms with Crippen LogP contribution < -0.4 is 5.32 Å². The highest BCUT2D eigenvalue weighted by atomic mass is 16.5. The number of carbonyl (C=O) groups is 2. The number of rotatable bonds is 2. The Bertz CT molecular complexity index is 554. The molecule has 1 aromatic carbocycles. The minimum Gasteiger partial charge on any atom is -0.480 e. The number of nitrogens with one attached hydrogen (secondary N) is 1. The van der Waals surface area contributed by atoms with Crippen LogP contribution in [0.15, 0.2) is 24.3 Å². The number of hydrogen-bond acceptors (Lipinski definition) is 4. The molecule has 0 aliphatic carbocycles. The average molecular weight is 290 g/mol. The van der Waals surface area contributed by atoms with Gasteiger partial charge in [0.25, 0.3) is 0 Å². The Balaban J connectivity index is 1.85. The summed E-state index contributed by atoms with van der Waals surface area (Å²) in [7, 11) is 0. The first-order valence-corrected chi connectivity index (χ1v) is 7.08. The molecule has 112 valence electrons. The number of amides is 1. The Morgan fingerprint density at radius 1 is 1.29 bits per heavy atom. The summed E-state index contributed by atoms with van der Waals surface area (Å²) >= 11 is 0. The van der Waals surface area contributed by atoms with Crippen LogP contribution in [0.1, 0.15) is 11.1 Å². The van der Waals surface area contributed by atoms with Gasteiger partial charge in [0, 0.05) is 19.5 Å². The van der Waals surface area contributed by atoms with E-state index in [0.29, 0.717) is 32.7 Å². The van der Waals surface area contributed by atoms with Crippen molar-refractivity contribution in [1.29, 1.82) is 0 Å². The van der Waals surface area contributed by atoms with Crippen molar-refractivity contribution in [2.24, 2.45) is 0 Å². The third-order valence-corrected chi connectivity index (χ3v) is 4.04. The normalized spacial score (nSPS) is 25.2. The Morgan fingerprint density at radius 3 is 2.71 bits per heavy atom. The van der Waals surface area contributed by atoms with Crippen molar-refractivity contribution < 1.29 is 19.4 Å². The van der Waals surface area contributed by atoms with E-state index in [2.05, 4.69) is 5.32 Å². The molecule has 21 heavy (non-hydrogen) atoms. The van der Waals surface area contributed by atoms with Crippen LogP contribution in [0.2, 0.25) is 0 Å². The number of benzene rings is 1. The third kappa shape index (κ3) is 2.77. The zero-order valence-corrected chi connectivity index (χ0v) is 11.6. The van der Waals surface area contributed by atoms with Crippen LogP contribution in [-0.4, -0.2) is 53.7 Å². The highest BCUT2D eigenvalue weighted by molar-refractivity contribution is 5.88. The topological polar surface area (TPSA) is 78.9 Å². The van der Waals surface area contributed by atoms with Crippen LogP contribution in [0.3, 0.4) is 0 Å². The number of morpholine rings is 1. The molecule has 1 unspecified atom stereocenters. The van der Waals surface area contributed by atoms with Crippen molar-refractivity contribution in [1.82, 2.24) is 10.2 Å². The van der Waals surface area contributed by atoms with E-state index < -0.39 is 18.1 Å². The lowest BCUT2D eigenvalue weighted by Crippen LogP contribution is -2.57. The molecule has 1 saturated heterocycles. The second-order valence-corrected chi connectivity index (χ2v) is 5.37. The summed E-state index contributed by atoms with van der Waals surface area (Å²) in [4.78, 5) is 25.6. The summed E-state index contributed by atoms with van der Waals surface area (Å²) in [6.07, 6.45) is 0.352. The highest BCUT2D eigenvalue weighted by Crippen LogP contribution is 2.24. The molecule has 0 bridgehead atoms. The van der Waals surface area contributed by atoms with E-state index >= 15 is 0 Å². The van der Waals surface area contributed by atoms with Crippen molar-refractivity contribution in [3.8, 4) is 0 Å². The number of aliphatic carboxylic acids is 1. The lowest BCUT2D eigenvalue weighted by atomic mass is 9.93. The van der Waals surface area contributed by atoms with E-state index in [1.165, 1.54) is 4.90 Å². The van der Waals surface area contributed by atoms with Crippen molar-refractivity contribution >= 4 is 11.9 Å². The molecule has 6 nitrogen and oxygen atoms in total. The van der Waals surface area contributed by atoms with Crippen molar-refractivity contribution in [2.45, 2.75) is 25.0 Å². The SMILES string of the molecule is O=C(O)[C@@H]1Cc2ccccc2CN1C(=O)C1COCCN1. The fourth-order valence-electron chi connectivity index (χ4n) is 2.90. The van der Waals surface area contributed by atoms with E-state index in [-0.39, 0.29) is 5.91 Å². The molecule has 1 fully saturated rings. The van der Waals surface area contributed by atoms with Gasteiger partial charge in [0.15, 0.2) is 0 Å². The Labute approximate surface area is 122 Å². The van der Waals surface area contributed by atoms with Crippen LogP contribution in [-0.2, 0) is 27.3 Å². The van der Waals surface area contributed by atoms with Gasteiger partial charge in [0.05, 0.1) is 13.2 Å². The minimum atomic E-state index is -0.963. The molecule has 1 aromatic rings. The number of nitrogens with zero attached hydrogens (tertiary/aromatic N) is 1. The Hall–Kier alpha value is -1.92. The number of hydrogen-bond donors (Lipinski definition) is 2. The standard InChI is InChI=1S/C15H18N2O4/c18-14(12-9-21-6-5-16-12)17-8-11-4-2-1-3-10(11)7-13(17)15(19)20/h1-4,12-13,16H,5-9H2,(H,19,20)/t12?,13-/m0/s1. The van der Waals surface area contributed by atoms with Crippen molar-refractivity contribution in [3.63, 3.8) is 0 Å². The van der Waals surface area contributed by atoms with Gasteiger partial charge in [0.1, 0.15) is 12.1 Å². The molecular weight excluding hydrogens is 272 g/mol. The molecule has 0 spiro atoms. The molecule has 2 heterocycles. The molecule has 0 radical (unpaired) electrons. The first-order valence-electron chi connectivity index (χ1n) is 7.08. The maximum absolute atomic E-state index is 12.6. The fourth-order valence-corrected chi connectivity index (χ4v) is 2.90. The van der Waals surface area contributed by atoms with E-state index in [1.54, 1.807) is 0 Å². The Morgan fingerprint density at radius 2 is 2.05 bits per heavy atom. The first kappa shape index (κ1) is 14.0. The summed E-state index contributed by atoms with van der Waals surface area (Å²) in [5.41, 5.74) is 2.02. The van der Waals surface area contributed by atoms with Gasteiger partial charge in [-0.1, -0.05) is 24.3 Å². The Kier molecular flexibility index (Phi) is 3.90. The van der Waals surface area contributed by atoms with E-state index in [1.807, 2.05) is 24.3 Å². The van der Waals surface area contributed by atoms with Crippen LogP contribution in [0.4, 0.5) is 0 Å². The van der Waals surface area contributed by atoms with Crippen molar-refractivity contribution in [2.75, 3.05) is 19.8 Å². The maximum Gasteiger partial charge on any atom is 0.326 e. The summed E-state index contributed by atoms with van der Waals surface area (Å²) in [6, 6.07) is 6.41. The summed E-state index contributed by atoms with van der Waals surface area (Å²) in [5, 5.41) is 12.5. The molecule has 1 amide bonds. The molecular formula is C15H18N2O4. The monoisotopic (exact) mass is 290 g/mol. The highest BCUT2D eigenvalue weighted by Gasteiger charge is 2.37. The van der Waals surface area contributed by atoms with Crippen LogP contribution in [0, 0.1) is 0 Å². The first-order chi connectivity index (χ1) is 10.2. The van der Waals surface area contributed by atoms with Crippen LogP contribution in [0.5, 0.6) is 0 Å². The summed E-state index contributed by atoms with van der Waals surface area (Å²) < 4.78 is 5.30. The predicted molar refractivity (Wildman–Crippen MR) is 74.7 cm³/mol. The van der Waals surface area contributed by atoms with Gasteiger partial charge in [-0.05, 0) is 11.1 Å². The predicted octanol–water partition coefficient (Wildman–Crippen LogP) is 0.0129. The van der Waals surface area contributed by atoms with Crippen LogP contribution in [0.25, 0.3) is 0 Å². The molecule has 3 rings (SSSR count). The van der Waals surface area contributed by atoms with Gasteiger partial charge in [-0.3, -0.25) is 4.79 Å².